The van der Waals surface area contributed by atoms with Crippen LogP contribution in [0.2, 0.25) is 0 Å². The van der Waals surface area contributed by atoms with Crippen LogP contribution < -0.4 is 9.47 Å². The second-order valence-electron chi connectivity index (χ2n) is 4.85. The zero-order valence-corrected chi connectivity index (χ0v) is 14.0. The first-order chi connectivity index (χ1) is 10.5. The molecule has 0 N–H and O–H groups in total. The van der Waals surface area contributed by atoms with Gasteiger partial charge in [-0.05, 0) is 43.3 Å². The van der Waals surface area contributed by atoms with Gasteiger partial charge in [-0.3, -0.25) is 14.5 Å². The van der Waals surface area contributed by atoms with Crippen LogP contribution in [0.4, 0.5) is 4.79 Å². The minimum absolute atomic E-state index is 0.220. The van der Waals surface area contributed by atoms with Gasteiger partial charge in [-0.1, -0.05) is 6.92 Å². The average molecular weight is 321 g/mol. The molecule has 5 nitrogen and oxygen atoms in total. The number of hydrogen-bond donors (Lipinski definition) is 0. The lowest BCUT2D eigenvalue weighted by Gasteiger charge is -2.13. The number of amides is 2. The Hall–Kier alpha value is -1.95. The largest absolute Gasteiger partial charge is 0.496 e. The van der Waals surface area contributed by atoms with Crippen molar-refractivity contribution >= 4 is 29.0 Å². The SMILES string of the molecule is CCCN1C(=O)S/C(=C/c2ccc(OC)c(C)c2OC)C1=O. The first-order valence-electron chi connectivity index (χ1n) is 7.00. The molecule has 22 heavy (non-hydrogen) atoms. The highest BCUT2D eigenvalue weighted by atomic mass is 32.2. The Morgan fingerprint density at radius 3 is 2.55 bits per heavy atom. The highest BCUT2D eigenvalue weighted by Gasteiger charge is 2.34. The van der Waals surface area contributed by atoms with Gasteiger partial charge in [-0.15, -0.1) is 0 Å². The molecule has 1 heterocycles. The third-order valence-electron chi connectivity index (χ3n) is 3.42. The molecule has 0 saturated carbocycles. The van der Waals surface area contributed by atoms with Gasteiger partial charge in [0.05, 0.1) is 19.1 Å². The predicted molar refractivity (Wildman–Crippen MR) is 87.3 cm³/mol. The molecule has 2 amide bonds. The third kappa shape index (κ3) is 2.97. The first kappa shape index (κ1) is 16.4. The number of nitrogens with zero attached hydrogens (tertiary/aromatic N) is 1. The minimum atomic E-state index is -0.243. The maximum atomic E-state index is 12.3. The Kier molecular flexibility index (Phi) is 5.13. The summed E-state index contributed by atoms with van der Waals surface area (Å²) in [6.45, 7) is 4.27. The highest BCUT2D eigenvalue weighted by molar-refractivity contribution is 8.18. The van der Waals surface area contributed by atoms with Crippen LogP contribution in [0, 0.1) is 6.92 Å². The van der Waals surface area contributed by atoms with Crippen LogP contribution in [0.1, 0.15) is 24.5 Å². The second kappa shape index (κ2) is 6.87. The van der Waals surface area contributed by atoms with Crippen molar-refractivity contribution in [2.75, 3.05) is 20.8 Å². The van der Waals surface area contributed by atoms with E-state index in [4.69, 9.17) is 9.47 Å². The van der Waals surface area contributed by atoms with Gasteiger partial charge in [0.1, 0.15) is 11.5 Å². The third-order valence-corrected chi connectivity index (χ3v) is 4.33. The molecule has 0 aromatic heterocycles. The Bertz CT molecular complexity index is 639. The molecule has 0 unspecified atom stereocenters. The summed E-state index contributed by atoms with van der Waals surface area (Å²) in [5.41, 5.74) is 1.61. The molecule has 0 spiro atoms. The molecule has 2 rings (SSSR count). The van der Waals surface area contributed by atoms with E-state index in [-0.39, 0.29) is 11.1 Å². The number of carbonyl (C=O) groups excluding carboxylic acids is 2. The van der Waals surface area contributed by atoms with Gasteiger partial charge < -0.3 is 9.47 Å². The van der Waals surface area contributed by atoms with Crippen LogP contribution in [-0.4, -0.2) is 36.8 Å². The molecule has 1 aromatic carbocycles. The van der Waals surface area contributed by atoms with Gasteiger partial charge in [0.25, 0.3) is 11.1 Å². The number of ether oxygens (including phenoxy) is 2. The van der Waals surface area contributed by atoms with Crippen molar-refractivity contribution in [3.8, 4) is 11.5 Å². The fraction of sp³-hybridized carbons (Fsp3) is 0.375. The molecular weight excluding hydrogens is 302 g/mol. The summed E-state index contributed by atoms with van der Waals surface area (Å²) in [7, 11) is 3.17. The summed E-state index contributed by atoms with van der Waals surface area (Å²) in [4.78, 5) is 25.8. The topological polar surface area (TPSA) is 55.8 Å². The molecular formula is C16H19NO4S. The Morgan fingerprint density at radius 1 is 1.23 bits per heavy atom. The van der Waals surface area contributed by atoms with Crippen molar-refractivity contribution in [3.63, 3.8) is 0 Å². The van der Waals surface area contributed by atoms with Crippen LogP contribution >= 0.6 is 11.8 Å². The van der Waals surface area contributed by atoms with E-state index < -0.39 is 0 Å². The number of rotatable bonds is 5. The number of methoxy groups -OCH3 is 2. The maximum Gasteiger partial charge on any atom is 0.293 e. The lowest BCUT2D eigenvalue weighted by Crippen LogP contribution is -2.28. The van der Waals surface area contributed by atoms with Gasteiger partial charge in [-0.2, -0.15) is 0 Å². The van der Waals surface area contributed by atoms with Crippen molar-refractivity contribution < 1.29 is 19.1 Å². The van der Waals surface area contributed by atoms with Crippen molar-refractivity contribution in [2.24, 2.45) is 0 Å². The Balaban J connectivity index is 2.40. The lowest BCUT2D eigenvalue weighted by molar-refractivity contribution is -0.122. The average Bonchev–Trinajstić information content (AvgIpc) is 2.76. The second-order valence-corrected chi connectivity index (χ2v) is 5.84. The Morgan fingerprint density at radius 2 is 1.95 bits per heavy atom. The molecule has 1 aliphatic heterocycles. The van der Waals surface area contributed by atoms with Crippen molar-refractivity contribution in [1.82, 2.24) is 4.90 Å². The zero-order chi connectivity index (χ0) is 16.3. The van der Waals surface area contributed by atoms with Crippen LogP contribution in [0.5, 0.6) is 11.5 Å². The molecule has 0 radical (unpaired) electrons. The number of carbonyl (C=O) groups is 2. The van der Waals surface area contributed by atoms with Gasteiger partial charge in [0.2, 0.25) is 0 Å². The summed E-state index contributed by atoms with van der Waals surface area (Å²) < 4.78 is 10.7. The molecule has 0 atom stereocenters. The predicted octanol–water partition coefficient (Wildman–Crippen LogP) is 3.46. The van der Waals surface area contributed by atoms with Crippen LogP contribution in [0.3, 0.4) is 0 Å². The van der Waals surface area contributed by atoms with Crippen LogP contribution in [-0.2, 0) is 4.79 Å². The molecule has 1 aliphatic rings. The summed E-state index contributed by atoms with van der Waals surface area (Å²) >= 11 is 0.963. The standard InChI is InChI=1S/C16H19NO4S/c1-5-8-17-15(18)13(22-16(17)19)9-11-6-7-12(20-3)10(2)14(11)21-4/h6-7,9H,5,8H2,1-4H3/b13-9+. The monoisotopic (exact) mass is 321 g/mol. The molecule has 0 bridgehead atoms. The van der Waals surface area contributed by atoms with Crippen LogP contribution in [0.25, 0.3) is 6.08 Å². The normalized spacial score (nSPS) is 16.5. The zero-order valence-electron chi connectivity index (χ0n) is 13.1. The van der Waals surface area contributed by atoms with Gasteiger partial charge in [0, 0.05) is 17.7 Å². The minimum Gasteiger partial charge on any atom is -0.496 e. The lowest BCUT2D eigenvalue weighted by atomic mass is 10.1. The first-order valence-corrected chi connectivity index (χ1v) is 7.82. The number of benzene rings is 1. The van der Waals surface area contributed by atoms with E-state index >= 15 is 0 Å². The van der Waals surface area contributed by atoms with E-state index in [9.17, 15) is 9.59 Å². The maximum absolute atomic E-state index is 12.3. The molecule has 0 aliphatic carbocycles. The summed E-state index contributed by atoms with van der Waals surface area (Å²) in [5.74, 6) is 1.11. The molecule has 1 fully saturated rings. The molecule has 118 valence electrons. The number of hydrogen-bond acceptors (Lipinski definition) is 5. The number of imide groups is 1. The fourth-order valence-electron chi connectivity index (χ4n) is 2.36. The van der Waals surface area contributed by atoms with Gasteiger partial charge >= 0.3 is 0 Å². The van der Waals surface area contributed by atoms with Crippen molar-refractivity contribution in [2.45, 2.75) is 20.3 Å². The van der Waals surface area contributed by atoms with Crippen LogP contribution in [0.15, 0.2) is 17.0 Å². The summed E-state index contributed by atoms with van der Waals surface area (Å²) in [6.07, 6.45) is 2.45. The van der Waals surface area contributed by atoms with E-state index in [2.05, 4.69) is 0 Å². The van der Waals surface area contributed by atoms with Crippen molar-refractivity contribution in [3.05, 3.63) is 28.2 Å². The highest BCUT2D eigenvalue weighted by Crippen LogP contribution is 2.37. The van der Waals surface area contributed by atoms with E-state index in [1.807, 2.05) is 26.0 Å². The molecule has 6 heteroatoms. The quantitative estimate of drug-likeness (QED) is 0.777. The van der Waals surface area contributed by atoms with E-state index in [1.165, 1.54) is 4.90 Å². The van der Waals surface area contributed by atoms with E-state index in [1.54, 1.807) is 20.3 Å². The smallest absolute Gasteiger partial charge is 0.293 e. The van der Waals surface area contributed by atoms with E-state index in [0.29, 0.717) is 22.9 Å². The summed E-state index contributed by atoms with van der Waals surface area (Å²) in [5, 5.41) is -0.220. The molecule has 1 saturated heterocycles. The van der Waals surface area contributed by atoms with Gasteiger partial charge in [0.15, 0.2) is 0 Å². The Labute approximate surface area is 134 Å². The molecule has 1 aromatic rings. The van der Waals surface area contributed by atoms with Gasteiger partial charge in [-0.25, -0.2) is 0 Å². The fourth-order valence-corrected chi connectivity index (χ4v) is 3.21. The van der Waals surface area contributed by atoms with Crippen molar-refractivity contribution in [1.29, 1.82) is 0 Å². The summed E-state index contributed by atoms with van der Waals surface area (Å²) in [6, 6.07) is 3.64. The van der Waals surface area contributed by atoms with E-state index in [0.717, 1.165) is 29.3 Å². The number of thioether (sulfide) groups is 1.